The van der Waals surface area contributed by atoms with E-state index in [9.17, 15) is 0 Å². The van der Waals surface area contributed by atoms with Crippen LogP contribution in [-0.4, -0.2) is 18.5 Å². The van der Waals surface area contributed by atoms with Gasteiger partial charge in [-0.15, -0.1) is 11.3 Å². The molecule has 13 rings (SSSR count). The molecule has 0 atom stereocenters. The molecule has 6 heteroatoms. The van der Waals surface area contributed by atoms with E-state index in [1.807, 2.05) is 23.5 Å². The molecule has 0 amide bonds. The van der Waals surface area contributed by atoms with Gasteiger partial charge < -0.3 is 8.82 Å². The lowest BCUT2D eigenvalue weighted by atomic mass is 10.0. The highest BCUT2D eigenvalue weighted by Crippen LogP contribution is 2.50. The third kappa shape index (κ3) is 2.81. The Morgan fingerprint density at radius 3 is 2.14 bits per heavy atom. The predicted octanol–water partition coefficient (Wildman–Crippen LogP) is 11.8. The Bertz CT molecular complexity index is 3510. The number of imidazole rings is 1. The molecule has 6 heterocycles. The zero-order chi connectivity index (χ0) is 31.5. The Labute approximate surface area is 280 Å². The smallest absolute Gasteiger partial charge is 0.220 e. The first kappa shape index (κ1) is 24.8. The molecule has 0 saturated heterocycles. The van der Waals surface area contributed by atoms with Crippen LogP contribution in [0.3, 0.4) is 0 Å². The van der Waals surface area contributed by atoms with Gasteiger partial charge in [0, 0.05) is 52.5 Å². The maximum atomic E-state index is 6.63. The molecular formula is C43H22N4OS. The largest absolute Gasteiger partial charge is 0.454 e. The van der Waals surface area contributed by atoms with Crippen LogP contribution in [0, 0.1) is 0 Å². The van der Waals surface area contributed by atoms with Gasteiger partial charge in [0.2, 0.25) is 5.95 Å². The second-order valence-corrected chi connectivity index (χ2v) is 14.2. The van der Waals surface area contributed by atoms with Crippen LogP contribution in [0.25, 0.3) is 114 Å². The van der Waals surface area contributed by atoms with Crippen molar-refractivity contribution >= 4 is 114 Å². The molecule has 0 unspecified atom stereocenters. The number of aromatic nitrogens is 4. The van der Waals surface area contributed by atoms with Crippen molar-refractivity contribution in [2.75, 3.05) is 0 Å². The molecule has 5 nitrogen and oxygen atoms in total. The average molecular weight is 643 g/mol. The monoisotopic (exact) mass is 642 g/mol. The van der Waals surface area contributed by atoms with Crippen molar-refractivity contribution in [1.29, 1.82) is 0 Å². The SMILES string of the molecule is c1ccc2c(c1)nc(-n1c3ccc4sc5ccc6c7ccccc7n7c8cccc1c8c3c4c5c67)n2-c1cccc2c1oc1ccccc12. The van der Waals surface area contributed by atoms with Crippen LogP contribution < -0.4 is 0 Å². The summed E-state index contributed by atoms with van der Waals surface area (Å²) in [7, 11) is 0. The molecule has 0 fully saturated rings. The van der Waals surface area contributed by atoms with E-state index in [2.05, 4.69) is 135 Å². The summed E-state index contributed by atoms with van der Waals surface area (Å²) in [6.07, 6.45) is 0. The molecule has 0 aliphatic rings. The van der Waals surface area contributed by atoms with E-state index >= 15 is 0 Å². The highest BCUT2D eigenvalue weighted by atomic mass is 32.1. The highest BCUT2D eigenvalue weighted by Gasteiger charge is 2.28. The summed E-state index contributed by atoms with van der Waals surface area (Å²) in [5.41, 5.74) is 10.7. The summed E-state index contributed by atoms with van der Waals surface area (Å²) < 4.78 is 16.5. The van der Waals surface area contributed by atoms with Crippen LogP contribution in [0.15, 0.2) is 138 Å². The Kier molecular flexibility index (Phi) is 4.23. The van der Waals surface area contributed by atoms with E-state index in [-0.39, 0.29) is 0 Å². The second-order valence-electron chi connectivity index (χ2n) is 13.1. The number of hydrogen-bond donors (Lipinski definition) is 0. The summed E-state index contributed by atoms with van der Waals surface area (Å²) in [5, 5.41) is 10.0. The molecule has 0 radical (unpaired) electrons. The van der Waals surface area contributed by atoms with Crippen LogP contribution in [0.1, 0.15) is 0 Å². The number of para-hydroxylation sites is 5. The highest BCUT2D eigenvalue weighted by molar-refractivity contribution is 7.26. The van der Waals surface area contributed by atoms with Crippen molar-refractivity contribution in [1.82, 2.24) is 18.5 Å². The number of hydrogen-bond acceptors (Lipinski definition) is 3. The van der Waals surface area contributed by atoms with Crippen molar-refractivity contribution < 1.29 is 4.42 Å². The number of furan rings is 1. The standard InChI is InChI=1S/C43H22N4OS/c1-4-13-28-23(9-1)25-19-21-36-40-39-35(49-36)22-20-32-38(39)37-30(45(28)41(25)40)15-8-16-31(37)47(32)43-44-27-12-3-5-14-29(27)46(43)33-17-7-11-26-24-10-2-6-18-34(24)48-42(26)33/h1-22H. The van der Waals surface area contributed by atoms with Crippen LogP contribution in [-0.2, 0) is 0 Å². The first-order valence-electron chi connectivity index (χ1n) is 16.6. The summed E-state index contributed by atoms with van der Waals surface area (Å²) in [4.78, 5) is 5.43. The van der Waals surface area contributed by atoms with E-state index in [1.165, 1.54) is 58.3 Å². The Hall–Kier alpha value is -6.37. The third-order valence-electron chi connectivity index (χ3n) is 10.8. The van der Waals surface area contributed by atoms with Gasteiger partial charge in [0.25, 0.3) is 0 Å². The molecule has 7 aromatic carbocycles. The summed E-state index contributed by atoms with van der Waals surface area (Å²) >= 11 is 1.89. The fourth-order valence-electron chi connectivity index (χ4n) is 8.89. The fraction of sp³-hybridized carbons (Fsp3) is 0. The Morgan fingerprint density at radius 1 is 0.469 bits per heavy atom. The first-order valence-corrected chi connectivity index (χ1v) is 17.4. The molecule has 0 spiro atoms. The topological polar surface area (TPSA) is 40.3 Å². The van der Waals surface area contributed by atoms with Gasteiger partial charge in [-0.1, -0.05) is 72.8 Å². The van der Waals surface area contributed by atoms with Crippen molar-refractivity contribution in [2.24, 2.45) is 0 Å². The molecule has 0 bridgehead atoms. The molecule has 226 valence electrons. The lowest BCUT2D eigenvalue weighted by molar-refractivity contribution is 0.665. The Balaban J connectivity index is 1.27. The van der Waals surface area contributed by atoms with E-state index in [0.29, 0.717) is 0 Å². The van der Waals surface area contributed by atoms with Gasteiger partial charge in [-0.25, -0.2) is 4.98 Å². The van der Waals surface area contributed by atoms with Gasteiger partial charge in [-0.3, -0.25) is 9.13 Å². The van der Waals surface area contributed by atoms with Crippen molar-refractivity contribution in [3.05, 3.63) is 133 Å². The summed E-state index contributed by atoms with van der Waals surface area (Å²) in [5.74, 6) is 0.841. The van der Waals surface area contributed by atoms with Crippen molar-refractivity contribution in [3.63, 3.8) is 0 Å². The zero-order valence-corrected chi connectivity index (χ0v) is 26.6. The minimum Gasteiger partial charge on any atom is -0.454 e. The van der Waals surface area contributed by atoms with Gasteiger partial charge in [-0.2, -0.15) is 0 Å². The maximum Gasteiger partial charge on any atom is 0.220 e. The quantitative estimate of drug-likeness (QED) is 0.188. The molecule has 0 aliphatic heterocycles. The molecule has 6 aromatic heterocycles. The summed E-state index contributed by atoms with van der Waals surface area (Å²) in [6, 6.07) is 48.0. The number of fused-ring (bicyclic) bond motifs is 8. The van der Waals surface area contributed by atoms with E-state index < -0.39 is 0 Å². The van der Waals surface area contributed by atoms with Crippen LogP contribution >= 0.6 is 11.3 Å². The fourth-order valence-corrected chi connectivity index (χ4v) is 10.0. The van der Waals surface area contributed by atoms with Crippen LogP contribution in [0.4, 0.5) is 0 Å². The lowest BCUT2D eigenvalue weighted by Gasteiger charge is -2.13. The molecule has 0 N–H and O–H groups in total. The van der Waals surface area contributed by atoms with Gasteiger partial charge in [-0.05, 0) is 60.7 Å². The average Bonchev–Trinajstić information content (AvgIpc) is 3.93. The number of nitrogens with zero attached hydrogens (tertiary/aromatic N) is 4. The van der Waals surface area contributed by atoms with Crippen LogP contribution in [0.2, 0.25) is 0 Å². The van der Waals surface area contributed by atoms with Gasteiger partial charge in [0.15, 0.2) is 5.58 Å². The molecule has 49 heavy (non-hydrogen) atoms. The van der Waals surface area contributed by atoms with E-state index in [4.69, 9.17) is 9.40 Å². The van der Waals surface area contributed by atoms with Crippen molar-refractivity contribution in [3.8, 4) is 11.6 Å². The van der Waals surface area contributed by atoms with Gasteiger partial charge in [0.05, 0.1) is 44.3 Å². The Morgan fingerprint density at radius 2 is 1.18 bits per heavy atom. The van der Waals surface area contributed by atoms with E-state index in [0.717, 1.165) is 55.6 Å². The van der Waals surface area contributed by atoms with Crippen LogP contribution in [0.5, 0.6) is 0 Å². The number of thiophene rings is 1. The third-order valence-corrected chi connectivity index (χ3v) is 11.9. The minimum atomic E-state index is 0.841. The van der Waals surface area contributed by atoms with E-state index in [1.54, 1.807) is 0 Å². The number of benzene rings is 7. The zero-order valence-electron chi connectivity index (χ0n) is 25.8. The molecule has 0 aliphatic carbocycles. The first-order chi connectivity index (χ1) is 24.3. The van der Waals surface area contributed by atoms with Gasteiger partial charge in [0.1, 0.15) is 5.58 Å². The van der Waals surface area contributed by atoms with Gasteiger partial charge >= 0.3 is 0 Å². The van der Waals surface area contributed by atoms with Crippen molar-refractivity contribution in [2.45, 2.75) is 0 Å². The lowest BCUT2D eigenvalue weighted by Crippen LogP contribution is -2.05. The second kappa shape index (κ2) is 8.37. The number of rotatable bonds is 2. The molecule has 13 aromatic rings. The normalized spacial score (nSPS) is 12.9. The predicted molar refractivity (Wildman–Crippen MR) is 204 cm³/mol. The summed E-state index contributed by atoms with van der Waals surface area (Å²) in [6.45, 7) is 0. The minimum absolute atomic E-state index is 0.841. The maximum absolute atomic E-state index is 6.63. The molecular weight excluding hydrogens is 621 g/mol. The molecule has 0 saturated carbocycles.